The highest BCUT2D eigenvalue weighted by Gasteiger charge is 2.17. The summed E-state index contributed by atoms with van der Waals surface area (Å²) in [7, 11) is 0. The van der Waals surface area contributed by atoms with Crippen LogP contribution >= 0.6 is 0 Å². The number of ether oxygens (including phenoxy) is 1. The minimum Gasteiger partial charge on any atom is -0.379 e. The van der Waals surface area contributed by atoms with E-state index in [0.29, 0.717) is 6.04 Å². The summed E-state index contributed by atoms with van der Waals surface area (Å²) in [6.07, 6.45) is 3.98. The molecule has 0 spiro atoms. The van der Waals surface area contributed by atoms with E-state index in [1.165, 1.54) is 25.8 Å². The van der Waals surface area contributed by atoms with Crippen LogP contribution in [0.3, 0.4) is 0 Å². The molecular weight excluding hydrogens is 214 g/mol. The summed E-state index contributed by atoms with van der Waals surface area (Å²) in [5.41, 5.74) is 0. The zero-order valence-corrected chi connectivity index (χ0v) is 11.1. The van der Waals surface area contributed by atoms with Crippen LogP contribution in [-0.4, -0.2) is 62.9 Å². The maximum Gasteiger partial charge on any atom is 0.0594 e. The van der Waals surface area contributed by atoms with Crippen molar-refractivity contribution in [1.29, 1.82) is 0 Å². The SMILES string of the molecule is CC(CC1CCCN1)NCCN1CCOCC1. The number of hydrogen-bond acceptors (Lipinski definition) is 4. The Balaban J connectivity index is 1.51. The van der Waals surface area contributed by atoms with Gasteiger partial charge in [-0.05, 0) is 32.7 Å². The summed E-state index contributed by atoms with van der Waals surface area (Å²) in [5.74, 6) is 0. The fourth-order valence-electron chi connectivity index (χ4n) is 2.76. The number of nitrogens with zero attached hydrogens (tertiary/aromatic N) is 1. The predicted octanol–water partition coefficient (Wildman–Crippen LogP) is 0.439. The van der Waals surface area contributed by atoms with Crippen LogP contribution in [0.2, 0.25) is 0 Å². The Labute approximate surface area is 105 Å². The molecule has 2 heterocycles. The van der Waals surface area contributed by atoms with Gasteiger partial charge in [0.1, 0.15) is 0 Å². The summed E-state index contributed by atoms with van der Waals surface area (Å²) in [6, 6.07) is 1.38. The van der Waals surface area contributed by atoms with Gasteiger partial charge in [-0.1, -0.05) is 0 Å². The van der Waals surface area contributed by atoms with Crippen LogP contribution in [0, 0.1) is 0 Å². The molecule has 0 aromatic rings. The normalized spacial score (nSPS) is 28.4. The Morgan fingerprint density at radius 1 is 1.41 bits per heavy atom. The quantitative estimate of drug-likeness (QED) is 0.707. The van der Waals surface area contributed by atoms with Crippen molar-refractivity contribution in [2.24, 2.45) is 0 Å². The fraction of sp³-hybridized carbons (Fsp3) is 1.00. The first-order valence-electron chi connectivity index (χ1n) is 7.11. The van der Waals surface area contributed by atoms with Gasteiger partial charge in [0.15, 0.2) is 0 Å². The summed E-state index contributed by atoms with van der Waals surface area (Å²) in [6.45, 7) is 9.79. The van der Waals surface area contributed by atoms with Gasteiger partial charge < -0.3 is 15.4 Å². The third-order valence-corrected chi connectivity index (χ3v) is 3.82. The summed E-state index contributed by atoms with van der Waals surface area (Å²) < 4.78 is 5.35. The average molecular weight is 241 g/mol. The van der Waals surface area contributed by atoms with Crippen LogP contribution in [-0.2, 0) is 4.74 Å². The first-order valence-corrected chi connectivity index (χ1v) is 7.11. The molecule has 0 radical (unpaired) electrons. The van der Waals surface area contributed by atoms with E-state index in [4.69, 9.17) is 4.74 Å². The molecule has 0 aromatic heterocycles. The van der Waals surface area contributed by atoms with Crippen LogP contribution in [0.1, 0.15) is 26.2 Å². The van der Waals surface area contributed by atoms with Gasteiger partial charge in [0.25, 0.3) is 0 Å². The molecule has 4 nitrogen and oxygen atoms in total. The van der Waals surface area contributed by atoms with Crippen molar-refractivity contribution in [2.45, 2.75) is 38.3 Å². The lowest BCUT2D eigenvalue weighted by Crippen LogP contribution is -2.42. The number of hydrogen-bond donors (Lipinski definition) is 2. The number of nitrogens with one attached hydrogen (secondary N) is 2. The molecule has 0 amide bonds. The highest BCUT2D eigenvalue weighted by atomic mass is 16.5. The van der Waals surface area contributed by atoms with Crippen LogP contribution in [0.4, 0.5) is 0 Å². The molecule has 2 aliphatic rings. The molecule has 2 rings (SSSR count). The van der Waals surface area contributed by atoms with Gasteiger partial charge in [0.2, 0.25) is 0 Å². The maximum atomic E-state index is 5.35. The molecule has 0 aromatic carbocycles. The Hall–Kier alpha value is -0.160. The van der Waals surface area contributed by atoms with Gasteiger partial charge in [-0.25, -0.2) is 0 Å². The Morgan fingerprint density at radius 2 is 2.24 bits per heavy atom. The van der Waals surface area contributed by atoms with Crippen molar-refractivity contribution in [3.8, 4) is 0 Å². The van der Waals surface area contributed by atoms with Crippen molar-refractivity contribution in [2.75, 3.05) is 45.9 Å². The molecule has 2 fully saturated rings. The monoisotopic (exact) mass is 241 g/mol. The van der Waals surface area contributed by atoms with Gasteiger partial charge >= 0.3 is 0 Å². The van der Waals surface area contributed by atoms with E-state index in [1.54, 1.807) is 0 Å². The van der Waals surface area contributed by atoms with Gasteiger partial charge in [0.05, 0.1) is 13.2 Å². The van der Waals surface area contributed by atoms with Crippen molar-refractivity contribution in [3.05, 3.63) is 0 Å². The molecule has 100 valence electrons. The molecule has 2 atom stereocenters. The van der Waals surface area contributed by atoms with E-state index in [9.17, 15) is 0 Å². The van der Waals surface area contributed by atoms with Crippen LogP contribution in [0.15, 0.2) is 0 Å². The molecule has 4 heteroatoms. The lowest BCUT2D eigenvalue weighted by atomic mass is 10.1. The highest BCUT2D eigenvalue weighted by molar-refractivity contribution is 4.78. The second kappa shape index (κ2) is 7.31. The molecule has 2 N–H and O–H groups in total. The van der Waals surface area contributed by atoms with Crippen molar-refractivity contribution in [1.82, 2.24) is 15.5 Å². The second-order valence-electron chi connectivity index (χ2n) is 5.34. The maximum absolute atomic E-state index is 5.35. The predicted molar refractivity (Wildman–Crippen MR) is 70.4 cm³/mol. The third-order valence-electron chi connectivity index (χ3n) is 3.82. The molecule has 2 saturated heterocycles. The van der Waals surface area contributed by atoms with Gasteiger partial charge in [-0.2, -0.15) is 0 Å². The smallest absolute Gasteiger partial charge is 0.0594 e. The molecule has 0 aliphatic carbocycles. The molecule has 0 saturated carbocycles. The molecule has 17 heavy (non-hydrogen) atoms. The Bertz CT molecular complexity index is 201. The molecule has 2 unspecified atom stereocenters. The zero-order valence-electron chi connectivity index (χ0n) is 11.1. The third kappa shape index (κ3) is 4.92. The van der Waals surface area contributed by atoms with Crippen molar-refractivity contribution >= 4 is 0 Å². The van der Waals surface area contributed by atoms with E-state index >= 15 is 0 Å². The topological polar surface area (TPSA) is 36.5 Å². The second-order valence-corrected chi connectivity index (χ2v) is 5.34. The minimum absolute atomic E-state index is 0.631. The van der Waals surface area contributed by atoms with E-state index in [1.807, 2.05) is 0 Å². The Kier molecular flexibility index (Phi) is 5.71. The summed E-state index contributed by atoms with van der Waals surface area (Å²) in [4.78, 5) is 2.48. The van der Waals surface area contributed by atoms with Crippen LogP contribution in [0.25, 0.3) is 0 Å². The van der Waals surface area contributed by atoms with Crippen LogP contribution < -0.4 is 10.6 Å². The standard InChI is InChI=1S/C13H27N3O/c1-12(11-13-3-2-4-15-13)14-5-6-16-7-9-17-10-8-16/h12-15H,2-11H2,1H3. The Morgan fingerprint density at radius 3 is 2.94 bits per heavy atom. The largest absolute Gasteiger partial charge is 0.379 e. The van der Waals surface area contributed by atoms with Crippen LogP contribution in [0.5, 0.6) is 0 Å². The molecular formula is C13H27N3O. The average Bonchev–Trinajstić information content (AvgIpc) is 2.83. The first kappa shape index (κ1) is 13.3. The molecule has 0 bridgehead atoms. The minimum atomic E-state index is 0.631. The first-order chi connectivity index (χ1) is 8.34. The van der Waals surface area contributed by atoms with Crippen molar-refractivity contribution in [3.63, 3.8) is 0 Å². The zero-order chi connectivity index (χ0) is 11.9. The fourth-order valence-corrected chi connectivity index (χ4v) is 2.76. The van der Waals surface area contributed by atoms with E-state index in [-0.39, 0.29) is 0 Å². The van der Waals surface area contributed by atoms with E-state index in [2.05, 4.69) is 22.5 Å². The lowest BCUT2D eigenvalue weighted by Gasteiger charge is -2.27. The summed E-state index contributed by atoms with van der Waals surface area (Å²) in [5, 5.41) is 7.19. The van der Waals surface area contributed by atoms with Gasteiger partial charge in [-0.15, -0.1) is 0 Å². The highest BCUT2D eigenvalue weighted by Crippen LogP contribution is 2.10. The molecule has 2 aliphatic heterocycles. The van der Waals surface area contributed by atoms with E-state index in [0.717, 1.165) is 45.4 Å². The van der Waals surface area contributed by atoms with Gasteiger partial charge in [0, 0.05) is 38.3 Å². The van der Waals surface area contributed by atoms with E-state index < -0.39 is 0 Å². The lowest BCUT2D eigenvalue weighted by molar-refractivity contribution is 0.0381. The number of morpholine rings is 1. The van der Waals surface area contributed by atoms with Crippen molar-refractivity contribution < 1.29 is 4.74 Å². The van der Waals surface area contributed by atoms with Gasteiger partial charge in [-0.3, -0.25) is 4.90 Å². The number of rotatable bonds is 6. The summed E-state index contributed by atoms with van der Waals surface area (Å²) >= 11 is 0.